The number of amidine groups is 1. The topological polar surface area (TPSA) is 33.6 Å². The Morgan fingerprint density at radius 1 is 1.42 bits per heavy atom. The van der Waals surface area contributed by atoms with Crippen LogP contribution in [0.2, 0.25) is 5.02 Å². The summed E-state index contributed by atoms with van der Waals surface area (Å²) in [5, 5.41) is 4.10. The van der Waals surface area contributed by atoms with Crippen molar-refractivity contribution in [3.63, 3.8) is 0 Å². The van der Waals surface area contributed by atoms with E-state index in [0.717, 1.165) is 29.5 Å². The van der Waals surface area contributed by atoms with Gasteiger partial charge in [-0.05, 0) is 13.0 Å². The number of ether oxygens (including phenoxy) is 1. The fourth-order valence-electron chi connectivity index (χ4n) is 2.09. The van der Waals surface area contributed by atoms with Crippen molar-refractivity contribution in [2.24, 2.45) is 10.4 Å². The van der Waals surface area contributed by atoms with Crippen molar-refractivity contribution in [2.75, 3.05) is 19.7 Å². The van der Waals surface area contributed by atoms with E-state index in [4.69, 9.17) is 16.3 Å². The van der Waals surface area contributed by atoms with Gasteiger partial charge >= 0.3 is 0 Å². The first-order valence-corrected chi connectivity index (χ1v) is 7.05. The average Bonchev–Trinajstić information content (AvgIpc) is 2.38. The van der Waals surface area contributed by atoms with E-state index < -0.39 is 0 Å². The lowest BCUT2D eigenvalue weighted by Gasteiger charge is -2.32. The zero-order valence-corrected chi connectivity index (χ0v) is 12.5. The van der Waals surface area contributed by atoms with Crippen LogP contribution in [0.4, 0.5) is 0 Å². The molecule has 1 N–H and O–H groups in total. The van der Waals surface area contributed by atoms with Crippen molar-refractivity contribution < 1.29 is 4.74 Å². The summed E-state index contributed by atoms with van der Waals surface area (Å²) in [6.07, 6.45) is -0.199. The Kier molecular flexibility index (Phi) is 4.48. The smallest absolute Gasteiger partial charge is 0.141 e. The standard InChI is InChI=1S/C15H21ClN2O/c1-4-19-13(11-7-5-6-8-12(11)16)14-17-9-15(2,3)10-18-14/h5-8,13H,4,9-10H2,1-3H3,(H,17,18)/t13-/m1/s1. The molecule has 0 aliphatic carbocycles. The largest absolute Gasteiger partial charge is 0.371 e. The monoisotopic (exact) mass is 280 g/mol. The number of rotatable bonds is 4. The normalized spacial score (nSPS) is 19.5. The first kappa shape index (κ1) is 14.4. The molecule has 1 aromatic carbocycles. The van der Waals surface area contributed by atoms with Gasteiger partial charge in [-0.1, -0.05) is 43.6 Å². The lowest BCUT2D eigenvalue weighted by molar-refractivity contribution is 0.105. The first-order chi connectivity index (χ1) is 9.03. The van der Waals surface area contributed by atoms with Crippen LogP contribution >= 0.6 is 11.6 Å². The number of nitrogens with zero attached hydrogens (tertiary/aromatic N) is 1. The summed E-state index contributed by atoms with van der Waals surface area (Å²) in [7, 11) is 0. The van der Waals surface area contributed by atoms with E-state index in [1.54, 1.807) is 0 Å². The second-order valence-electron chi connectivity index (χ2n) is 5.58. The number of benzene rings is 1. The fourth-order valence-corrected chi connectivity index (χ4v) is 2.32. The molecular formula is C15H21ClN2O. The third kappa shape index (κ3) is 3.48. The Balaban J connectivity index is 2.27. The van der Waals surface area contributed by atoms with Crippen molar-refractivity contribution in [1.29, 1.82) is 0 Å². The summed E-state index contributed by atoms with van der Waals surface area (Å²) in [5.41, 5.74) is 1.16. The van der Waals surface area contributed by atoms with Crippen LogP contribution in [0.25, 0.3) is 0 Å². The van der Waals surface area contributed by atoms with Crippen LogP contribution in [0.15, 0.2) is 29.3 Å². The Labute approximate surface area is 120 Å². The second-order valence-corrected chi connectivity index (χ2v) is 5.98. The summed E-state index contributed by atoms with van der Waals surface area (Å²) in [6.45, 7) is 8.72. The molecule has 1 aliphatic heterocycles. The maximum atomic E-state index is 6.27. The van der Waals surface area contributed by atoms with E-state index in [0.29, 0.717) is 6.61 Å². The van der Waals surface area contributed by atoms with E-state index in [1.807, 2.05) is 31.2 Å². The number of hydrogen-bond acceptors (Lipinski definition) is 3. The van der Waals surface area contributed by atoms with Gasteiger partial charge in [0.05, 0.1) is 0 Å². The minimum Gasteiger partial charge on any atom is -0.371 e. The van der Waals surface area contributed by atoms with Gasteiger partial charge in [0.2, 0.25) is 0 Å². The molecule has 0 fully saturated rings. The zero-order valence-electron chi connectivity index (χ0n) is 11.7. The van der Waals surface area contributed by atoms with Gasteiger partial charge in [0, 0.05) is 35.7 Å². The van der Waals surface area contributed by atoms with Crippen molar-refractivity contribution in [1.82, 2.24) is 5.32 Å². The van der Waals surface area contributed by atoms with Crippen LogP contribution in [0, 0.1) is 5.41 Å². The quantitative estimate of drug-likeness (QED) is 0.916. The van der Waals surface area contributed by atoms with Crippen LogP contribution in [0.3, 0.4) is 0 Å². The summed E-state index contributed by atoms with van der Waals surface area (Å²) in [6, 6.07) is 7.78. The molecule has 0 saturated heterocycles. The van der Waals surface area contributed by atoms with Crippen LogP contribution < -0.4 is 5.32 Å². The van der Waals surface area contributed by atoms with Gasteiger partial charge in [0.15, 0.2) is 0 Å². The second kappa shape index (κ2) is 5.93. The highest BCUT2D eigenvalue weighted by Gasteiger charge is 2.28. The molecule has 1 atom stereocenters. The maximum Gasteiger partial charge on any atom is 0.141 e. The zero-order chi connectivity index (χ0) is 13.9. The van der Waals surface area contributed by atoms with Gasteiger partial charge in [-0.2, -0.15) is 0 Å². The molecule has 1 heterocycles. The van der Waals surface area contributed by atoms with Gasteiger partial charge < -0.3 is 10.1 Å². The van der Waals surface area contributed by atoms with E-state index in [9.17, 15) is 0 Å². The molecule has 0 saturated carbocycles. The highest BCUT2D eigenvalue weighted by Crippen LogP contribution is 2.28. The van der Waals surface area contributed by atoms with Crippen LogP contribution in [-0.4, -0.2) is 25.5 Å². The Morgan fingerprint density at radius 3 is 2.74 bits per heavy atom. The predicted octanol–water partition coefficient (Wildman–Crippen LogP) is 3.45. The maximum absolute atomic E-state index is 6.27. The van der Waals surface area contributed by atoms with Crippen molar-refractivity contribution in [3.05, 3.63) is 34.9 Å². The van der Waals surface area contributed by atoms with Crippen molar-refractivity contribution in [3.8, 4) is 0 Å². The number of nitrogens with one attached hydrogen (secondary N) is 1. The summed E-state index contributed by atoms with van der Waals surface area (Å²) in [5.74, 6) is 0.884. The average molecular weight is 281 g/mol. The molecule has 3 nitrogen and oxygen atoms in total. The molecule has 0 unspecified atom stereocenters. The minimum absolute atomic E-state index is 0.195. The van der Waals surface area contributed by atoms with Crippen LogP contribution in [-0.2, 0) is 4.74 Å². The SMILES string of the molecule is CCO[C@@H](C1=NCC(C)(C)CN1)c1ccccc1Cl. The molecule has 1 aliphatic rings. The number of hydrogen-bond donors (Lipinski definition) is 1. The lowest BCUT2D eigenvalue weighted by atomic mass is 9.92. The summed E-state index contributed by atoms with van der Waals surface area (Å²) < 4.78 is 5.84. The Hall–Kier alpha value is -1.06. The molecule has 0 radical (unpaired) electrons. The molecular weight excluding hydrogens is 260 g/mol. The molecule has 0 amide bonds. The van der Waals surface area contributed by atoms with Gasteiger partial charge in [-0.15, -0.1) is 0 Å². The highest BCUT2D eigenvalue weighted by molar-refractivity contribution is 6.31. The molecule has 0 aromatic heterocycles. The Bertz CT molecular complexity index is 471. The number of aliphatic imine (C=N–C) groups is 1. The summed E-state index contributed by atoms with van der Waals surface area (Å²) >= 11 is 6.27. The van der Waals surface area contributed by atoms with E-state index in [2.05, 4.69) is 24.2 Å². The molecule has 4 heteroatoms. The van der Waals surface area contributed by atoms with Crippen molar-refractivity contribution >= 4 is 17.4 Å². The van der Waals surface area contributed by atoms with Gasteiger partial charge in [-0.25, -0.2) is 0 Å². The highest BCUT2D eigenvalue weighted by atomic mass is 35.5. The van der Waals surface area contributed by atoms with E-state index in [1.165, 1.54) is 0 Å². The molecule has 2 rings (SSSR count). The van der Waals surface area contributed by atoms with Gasteiger partial charge in [0.25, 0.3) is 0 Å². The van der Waals surface area contributed by atoms with E-state index in [-0.39, 0.29) is 11.5 Å². The van der Waals surface area contributed by atoms with Gasteiger partial charge in [-0.3, -0.25) is 4.99 Å². The molecule has 0 spiro atoms. The third-order valence-corrected chi connectivity index (χ3v) is 3.54. The van der Waals surface area contributed by atoms with Crippen LogP contribution in [0.5, 0.6) is 0 Å². The molecule has 0 bridgehead atoms. The number of halogens is 1. The third-order valence-electron chi connectivity index (χ3n) is 3.19. The fraction of sp³-hybridized carbons (Fsp3) is 0.533. The predicted molar refractivity (Wildman–Crippen MR) is 79.9 cm³/mol. The first-order valence-electron chi connectivity index (χ1n) is 6.68. The van der Waals surface area contributed by atoms with Gasteiger partial charge in [0.1, 0.15) is 11.9 Å². The Morgan fingerprint density at radius 2 is 2.16 bits per heavy atom. The van der Waals surface area contributed by atoms with E-state index >= 15 is 0 Å². The molecule has 104 valence electrons. The minimum atomic E-state index is -0.199. The van der Waals surface area contributed by atoms with Crippen molar-refractivity contribution in [2.45, 2.75) is 26.9 Å². The molecule has 1 aromatic rings. The molecule has 19 heavy (non-hydrogen) atoms. The van der Waals surface area contributed by atoms with Crippen LogP contribution in [0.1, 0.15) is 32.4 Å². The summed E-state index contributed by atoms with van der Waals surface area (Å²) in [4.78, 5) is 4.64. The lowest BCUT2D eigenvalue weighted by Crippen LogP contribution is -2.43.